The monoisotopic (exact) mass is 296 g/mol. The summed E-state index contributed by atoms with van der Waals surface area (Å²) in [6.07, 6.45) is 3.81. The van der Waals surface area contributed by atoms with Crippen LogP contribution in [0.5, 0.6) is 0 Å². The van der Waals surface area contributed by atoms with Gasteiger partial charge in [0.2, 0.25) is 0 Å². The van der Waals surface area contributed by atoms with Crippen molar-refractivity contribution in [3.05, 3.63) is 34.3 Å². The summed E-state index contributed by atoms with van der Waals surface area (Å²) in [6.45, 7) is 2.10. The Kier molecular flexibility index (Phi) is 4.60. The van der Waals surface area contributed by atoms with Crippen molar-refractivity contribution in [2.24, 2.45) is 11.7 Å². The lowest BCUT2D eigenvalue weighted by Gasteiger charge is -2.19. The molecule has 3 heteroatoms. The molecule has 0 aromatic heterocycles. The number of halogens is 1. The highest BCUT2D eigenvalue weighted by Crippen LogP contribution is 2.32. The molecule has 1 atom stereocenters. The largest absolute Gasteiger partial charge is 0.327 e. The van der Waals surface area contributed by atoms with E-state index in [1.807, 2.05) is 0 Å². The number of hydrogen-bond acceptors (Lipinski definition) is 2. The molecule has 0 heterocycles. The Bertz CT molecular complexity index is 346. The molecule has 1 saturated carbocycles. The Hall–Kier alpha value is -0.380. The Morgan fingerprint density at radius 3 is 2.59 bits per heavy atom. The minimum absolute atomic E-state index is 0.419. The van der Waals surface area contributed by atoms with Gasteiger partial charge in [-0.15, -0.1) is 0 Å². The molecule has 17 heavy (non-hydrogen) atoms. The lowest BCUT2D eigenvalue weighted by Crippen LogP contribution is -2.29. The Balaban J connectivity index is 1.72. The average Bonchev–Trinajstić information content (AvgIpc) is 3.13. The average molecular weight is 297 g/mol. The summed E-state index contributed by atoms with van der Waals surface area (Å²) in [7, 11) is 2.17. The summed E-state index contributed by atoms with van der Waals surface area (Å²) in [6, 6.07) is 8.95. The van der Waals surface area contributed by atoms with Gasteiger partial charge in [-0.05, 0) is 56.5 Å². The molecule has 0 radical (unpaired) electrons. The summed E-state index contributed by atoms with van der Waals surface area (Å²) in [5.74, 6) is 0.816. The molecule has 1 fully saturated rings. The van der Waals surface area contributed by atoms with Crippen molar-refractivity contribution in [2.75, 3.05) is 13.6 Å². The molecule has 1 aromatic rings. The fourth-order valence-corrected chi connectivity index (χ4v) is 2.37. The molecule has 1 unspecified atom stereocenters. The zero-order valence-electron chi connectivity index (χ0n) is 10.4. The van der Waals surface area contributed by atoms with E-state index in [4.69, 9.17) is 5.73 Å². The van der Waals surface area contributed by atoms with Crippen molar-refractivity contribution in [1.82, 2.24) is 4.90 Å². The van der Waals surface area contributed by atoms with Crippen LogP contribution in [-0.4, -0.2) is 24.5 Å². The van der Waals surface area contributed by atoms with Crippen LogP contribution in [0.1, 0.15) is 24.8 Å². The molecule has 2 nitrogen and oxygen atoms in total. The van der Waals surface area contributed by atoms with Crippen LogP contribution in [0.15, 0.2) is 28.7 Å². The van der Waals surface area contributed by atoms with Gasteiger partial charge in [0, 0.05) is 17.1 Å². The minimum atomic E-state index is 0.419. The molecule has 1 aliphatic carbocycles. The number of hydrogen-bond donors (Lipinski definition) is 1. The number of nitrogens with zero attached hydrogens (tertiary/aromatic N) is 1. The van der Waals surface area contributed by atoms with Gasteiger partial charge in [0.05, 0.1) is 0 Å². The maximum atomic E-state index is 6.11. The number of benzene rings is 1. The highest BCUT2D eigenvalue weighted by molar-refractivity contribution is 9.10. The third kappa shape index (κ3) is 4.41. The van der Waals surface area contributed by atoms with Crippen molar-refractivity contribution in [1.29, 1.82) is 0 Å². The van der Waals surface area contributed by atoms with E-state index in [-0.39, 0.29) is 0 Å². The molecule has 0 saturated heterocycles. The fourth-order valence-electron chi connectivity index (χ4n) is 2.11. The van der Waals surface area contributed by atoms with E-state index in [2.05, 4.69) is 52.1 Å². The molecule has 0 amide bonds. The second kappa shape index (κ2) is 5.98. The molecule has 1 aromatic carbocycles. The lowest BCUT2D eigenvalue weighted by molar-refractivity contribution is 0.305. The van der Waals surface area contributed by atoms with Crippen LogP contribution in [0.25, 0.3) is 0 Å². The second-order valence-electron chi connectivity index (χ2n) is 5.15. The van der Waals surface area contributed by atoms with Crippen LogP contribution >= 0.6 is 15.9 Å². The summed E-state index contributed by atoms with van der Waals surface area (Å²) in [4.78, 5) is 2.35. The molecular weight excluding hydrogens is 276 g/mol. The van der Waals surface area contributed by atoms with Crippen molar-refractivity contribution in [3.63, 3.8) is 0 Å². The SMILES string of the molecule is CN(CCC(N)C1CC1)Cc1ccc(Br)cc1. The normalized spacial score (nSPS) is 17.4. The van der Waals surface area contributed by atoms with Crippen LogP contribution in [0, 0.1) is 5.92 Å². The quantitative estimate of drug-likeness (QED) is 0.874. The topological polar surface area (TPSA) is 29.3 Å². The highest BCUT2D eigenvalue weighted by atomic mass is 79.9. The summed E-state index contributed by atoms with van der Waals surface area (Å²) < 4.78 is 1.14. The predicted octanol–water partition coefficient (Wildman–Crippen LogP) is 3.01. The first-order valence-corrected chi connectivity index (χ1v) is 7.13. The van der Waals surface area contributed by atoms with E-state index in [0.717, 1.165) is 29.9 Å². The molecule has 1 aliphatic rings. The maximum absolute atomic E-state index is 6.11. The Morgan fingerprint density at radius 1 is 1.35 bits per heavy atom. The first kappa shape index (κ1) is 13.1. The van der Waals surface area contributed by atoms with E-state index in [1.165, 1.54) is 18.4 Å². The minimum Gasteiger partial charge on any atom is -0.327 e. The number of nitrogens with two attached hydrogens (primary N) is 1. The third-order valence-corrected chi connectivity index (χ3v) is 3.97. The van der Waals surface area contributed by atoms with Gasteiger partial charge >= 0.3 is 0 Å². The van der Waals surface area contributed by atoms with E-state index in [1.54, 1.807) is 0 Å². The Labute approximate surface area is 112 Å². The van der Waals surface area contributed by atoms with Crippen LogP contribution in [0.2, 0.25) is 0 Å². The Morgan fingerprint density at radius 2 is 2.00 bits per heavy atom. The van der Waals surface area contributed by atoms with Crippen LogP contribution in [0.4, 0.5) is 0 Å². The standard InChI is InChI=1S/C14H21BrN2/c1-17(9-8-14(16)12-4-5-12)10-11-2-6-13(15)7-3-11/h2-3,6-7,12,14H,4-5,8-10,16H2,1H3. The van der Waals surface area contributed by atoms with E-state index in [0.29, 0.717) is 6.04 Å². The molecule has 94 valence electrons. The van der Waals surface area contributed by atoms with Crippen molar-refractivity contribution in [3.8, 4) is 0 Å². The summed E-state index contributed by atoms with van der Waals surface area (Å²) in [5, 5.41) is 0. The van der Waals surface area contributed by atoms with Gasteiger partial charge in [-0.25, -0.2) is 0 Å². The molecule has 2 N–H and O–H groups in total. The van der Waals surface area contributed by atoms with Crippen LogP contribution in [0.3, 0.4) is 0 Å². The molecule has 0 spiro atoms. The number of rotatable bonds is 6. The van der Waals surface area contributed by atoms with Gasteiger partial charge in [-0.3, -0.25) is 0 Å². The first-order chi connectivity index (χ1) is 8.15. The second-order valence-corrected chi connectivity index (χ2v) is 6.07. The first-order valence-electron chi connectivity index (χ1n) is 6.33. The van der Waals surface area contributed by atoms with Gasteiger partial charge in [-0.2, -0.15) is 0 Å². The molecule has 2 rings (SSSR count). The zero-order chi connectivity index (χ0) is 12.3. The smallest absolute Gasteiger partial charge is 0.0230 e. The van der Waals surface area contributed by atoms with Crippen molar-refractivity contribution in [2.45, 2.75) is 31.8 Å². The third-order valence-electron chi connectivity index (χ3n) is 3.44. The van der Waals surface area contributed by atoms with Gasteiger partial charge in [0.15, 0.2) is 0 Å². The van der Waals surface area contributed by atoms with Crippen molar-refractivity contribution >= 4 is 15.9 Å². The summed E-state index contributed by atoms with van der Waals surface area (Å²) in [5.41, 5.74) is 7.46. The van der Waals surface area contributed by atoms with Crippen LogP contribution < -0.4 is 5.73 Å². The van der Waals surface area contributed by atoms with E-state index in [9.17, 15) is 0 Å². The maximum Gasteiger partial charge on any atom is 0.0230 e. The predicted molar refractivity (Wildman–Crippen MR) is 75.8 cm³/mol. The van der Waals surface area contributed by atoms with E-state index >= 15 is 0 Å². The highest BCUT2D eigenvalue weighted by Gasteiger charge is 2.28. The van der Waals surface area contributed by atoms with Crippen molar-refractivity contribution < 1.29 is 0 Å². The summed E-state index contributed by atoms with van der Waals surface area (Å²) >= 11 is 3.45. The van der Waals surface area contributed by atoms with E-state index < -0.39 is 0 Å². The molecule has 0 bridgehead atoms. The van der Waals surface area contributed by atoms with Gasteiger partial charge in [-0.1, -0.05) is 28.1 Å². The van der Waals surface area contributed by atoms with Gasteiger partial charge in [0.1, 0.15) is 0 Å². The molecular formula is C14H21BrN2. The van der Waals surface area contributed by atoms with Crippen LogP contribution in [-0.2, 0) is 6.54 Å². The van der Waals surface area contributed by atoms with Gasteiger partial charge < -0.3 is 10.6 Å². The fraction of sp³-hybridized carbons (Fsp3) is 0.571. The zero-order valence-corrected chi connectivity index (χ0v) is 12.0. The lowest BCUT2D eigenvalue weighted by atomic mass is 10.1. The van der Waals surface area contributed by atoms with Gasteiger partial charge in [0.25, 0.3) is 0 Å². The molecule has 0 aliphatic heterocycles.